The van der Waals surface area contributed by atoms with Gasteiger partial charge in [-0.3, -0.25) is 9.78 Å². The predicted octanol–water partition coefficient (Wildman–Crippen LogP) is 2.57. The minimum Gasteiger partial charge on any atom is -0.465 e. The van der Waals surface area contributed by atoms with Crippen LogP contribution in [0.15, 0.2) is 18.3 Å². The van der Waals surface area contributed by atoms with Crippen molar-refractivity contribution < 1.29 is 14.3 Å². The molecular formula is C15H22N2O3. The molecule has 0 saturated carbocycles. The first-order valence-corrected chi connectivity index (χ1v) is 6.93. The van der Waals surface area contributed by atoms with E-state index in [2.05, 4.69) is 22.0 Å². The van der Waals surface area contributed by atoms with E-state index in [9.17, 15) is 9.59 Å². The number of nitrogens with zero attached hydrogens (tertiary/aromatic N) is 1. The highest BCUT2D eigenvalue weighted by atomic mass is 16.5. The summed E-state index contributed by atoms with van der Waals surface area (Å²) >= 11 is 0. The Balaban J connectivity index is 2.53. The molecular weight excluding hydrogens is 256 g/mol. The number of esters is 1. The molecule has 1 amide bonds. The van der Waals surface area contributed by atoms with Gasteiger partial charge in [-0.2, -0.15) is 0 Å². The van der Waals surface area contributed by atoms with E-state index in [1.54, 1.807) is 0 Å². The van der Waals surface area contributed by atoms with Crippen LogP contribution in [0.5, 0.6) is 0 Å². The zero-order valence-electron chi connectivity index (χ0n) is 12.3. The maximum Gasteiger partial charge on any atom is 0.339 e. The fraction of sp³-hybridized carbons (Fsp3) is 0.533. The van der Waals surface area contributed by atoms with Crippen LogP contribution in [0.4, 0.5) is 0 Å². The van der Waals surface area contributed by atoms with Crippen LogP contribution < -0.4 is 5.32 Å². The van der Waals surface area contributed by atoms with Gasteiger partial charge in [0.15, 0.2) is 0 Å². The Bertz CT molecular complexity index is 443. The summed E-state index contributed by atoms with van der Waals surface area (Å²) in [6, 6.07) is 3.19. The van der Waals surface area contributed by atoms with Crippen molar-refractivity contribution in [2.75, 3.05) is 7.11 Å². The van der Waals surface area contributed by atoms with Gasteiger partial charge in [0.05, 0.1) is 12.7 Å². The summed E-state index contributed by atoms with van der Waals surface area (Å²) in [5, 5.41) is 2.90. The van der Waals surface area contributed by atoms with Gasteiger partial charge >= 0.3 is 5.97 Å². The summed E-state index contributed by atoms with van der Waals surface area (Å²) in [6.45, 7) is 4.13. The second-order valence-corrected chi connectivity index (χ2v) is 4.79. The average Bonchev–Trinajstić information content (AvgIpc) is 2.46. The molecule has 110 valence electrons. The maximum absolute atomic E-state index is 11.9. The molecule has 1 aromatic rings. The summed E-state index contributed by atoms with van der Waals surface area (Å²) in [6.07, 6.45) is 5.75. The van der Waals surface area contributed by atoms with Crippen molar-refractivity contribution in [3.63, 3.8) is 0 Å². The molecule has 0 aliphatic carbocycles. The van der Waals surface area contributed by atoms with Gasteiger partial charge in [0.2, 0.25) is 0 Å². The molecule has 5 nitrogen and oxygen atoms in total. The van der Waals surface area contributed by atoms with Crippen molar-refractivity contribution in [1.29, 1.82) is 0 Å². The summed E-state index contributed by atoms with van der Waals surface area (Å²) in [5.41, 5.74) is 0.639. The topological polar surface area (TPSA) is 68.3 Å². The predicted molar refractivity (Wildman–Crippen MR) is 76.6 cm³/mol. The largest absolute Gasteiger partial charge is 0.465 e. The van der Waals surface area contributed by atoms with E-state index in [-0.39, 0.29) is 11.9 Å². The molecule has 1 N–H and O–H groups in total. The summed E-state index contributed by atoms with van der Waals surface area (Å²) in [4.78, 5) is 27.2. The number of rotatable bonds is 7. The molecule has 0 aromatic carbocycles. The van der Waals surface area contributed by atoms with Crippen LogP contribution in [-0.2, 0) is 4.74 Å². The summed E-state index contributed by atoms with van der Waals surface area (Å²) < 4.78 is 4.58. The Morgan fingerprint density at radius 3 is 2.65 bits per heavy atom. The van der Waals surface area contributed by atoms with Crippen LogP contribution in [-0.4, -0.2) is 30.0 Å². The number of carbonyl (C=O) groups is 2. The molecule has 1 rings (SSSR count). The van der Waals surface area contributed by atoms with Crippen molar-refractivity contribution >= 4 is 11.9 Å². The lowest BCUT2D eigenvalue weighted by atomic mass is 10.1. The van der Waals surface area contributed by atoms with E-state index in [1.165, 1.54) is 31.9 Å². The first-order chi connectivity index (χ1) is 9.58. The van der Waals surface area contributed by atoms with Crippen molar-refractivity contribution in [3.05, 3.63) is 29.6 Å². The number of methoxy groups -OCH3 is 1. The average molecular weight is 278 g/mol. The molecule has 0 fully saturated rings. The molecule has 0 bridgehead atoms. The highest BCUT2D eigenvalue weighted by Crippen LogP contribution is 2.05. The van der Waals surface area contributed by atoms with E-state index in [4.69, 9.17) is 0 Å². The molecule has 5 heteroatoms. The standard InChI is InChI=1S/C15H22N2O3/c1-4-5-6-7-11(2)17-14(18)13-9-8-12(10-16-13)15(19)20-3/h8-11H,4-7H2,1-3H3,(H,17,18). The third-order valence-electron chi connectivity index (χ3n) is 3.04. The van der Waals surface area contributed by atoms with Crippen LogP contribution >= 0.6 is 0 Å². The highest BCUT2D eigenvalue weighted by molar-refractivity contribution is 5.94. The van der Waals surface area contributed by atoms with Gasteiger partial charge < -0.3 is 10.1 Å². The molecule has 1 atom stereocenters. The van der Waals surface area contributed by atoms with Crippen molar-refractivity contribution in [2.45, 2.75) is 45.6 Å². The van der Waals surface area contributed by atoms with Crippen LogP contribution in [0.3, 0.4) is 0 Å². The van der Waals surface area contributed by atoms with Crippen molar-refractivity contribution in [3.8, 4) is 0 Å². The summed E-state index contributed by atoms with van der Waals surface area (Å²) in [7, 11) is 1.31. The van der Waals surface area contributed by atoms with Gasteiger partial charge in [0, 0.05) is 12.2 Å². The number of hydrogen-bond donors (Lipinski definition) is 1. The number of hydrogen-bond acceptors (Lipinski definition) is 4. The molecule has 1 unspecified atom stereocenters. The van der Waals surface area contributed by atoms with Gasteiger partial charge in [0.25, 0.3) is 5.91 Å². The molecule has 0 radical (unpaired) electrons. The quantitative estimate of drug-likeness (QED) is 0.615. The van der Waals surface area contributed by atoms with Crippen LogP contribution in [0.2, 0.25) is 0 Å². The lowest BCUT2D eigenvalue weighted by molar-refractivity contribution is 0.0599. The van der Waals surface area contributed by atoms with E-state index in [1.807, 2.05) is 6.92 Å². The Kier molecular flexibility index (Phi) is 6.70. The van der Waals surface area contributed by atoms with Gasteiger partial charge in [-0.25, -0.2) is 4.79 Å². The number of unbranched alkanes of at least 4 members (excludes halogenated alkanes) is 2. The number of amides is 1. The number of carbonyl (C=O) groups excluding carboxylic acids is 2. The first kappa shape index (κ1) is 16.1. The third-order valence-corrected chi connectivity index (χ3v) is 3.04. The fourth-order valence-corrected chi connectivity index (χ4v) is 1.84. The van der Waals surface area contributed by atoms with Crippen LogP contribution in [0.1, 0.15) is 60.4 Å². The number of pyridine rings is 1. The van der Waals surface area contributed by atoms with E-state index < -0.39 is 5.97 Å². The first-order valence-electron chi connectivity index (χ1n) is 6.93. The third kappa shape index (κ3) is 4.99. The molecule has 20 heavy (non-hydrogen) atoms. The van der Waals surface area contributed by atoms with Gasteiger partial charge in [-0.05, 0) is 25.5 Å². The highest BCUT2D eigenvalue weighted by Gasteiger charge is 2.12. The minimum atomic E-state index is -0.461. The van der Waals surface area contributed by atoms with Gasteiger partial charge in [0.1, 0.15) is 5.69 Å². The smallest absolute Gasteiger partial charge is 0.339 e. The van der Waals surface area contributed by atoms with Crippen LogP contribution in [0.25, 0.3) is 0 Å². The Hall–Kier alpha value is -1.91. The number of ether oxygens (including phenoxy) is 1. The Morgan fingerprint density at radius 1 is 1.35 bits per heavy atom. The molecule has 0 spiro atoms. The second-order valence-electron chi connectivity index (χ2n) is 4.79. The van der Waals surface area contributed by atoms with Gasteiger partial charge in [-0.15, -0.1) is 0 Å². The minimum absolute atomic E-state index is 0.121. The SMILES string of the molecule is CCCCCC(C)NC(=O)c1ccc(C(=O)OC)cn1. The monoisotopic (exact) mass is 278 g/mol. The molecule has 0 saturated heterocycles. The Morgan fingerprint density at radius 2 is 2.10 bits per heavy atom. The lowest BCUT2D eigenvalue weighted by Gasteiger charge is -2.13. The van der Waals surface area contributed by atoms with E-state index >= 15 is 0 Å². The summed E-state index contributed by atoms with van der Waals surface area (Å²) in [5.74, 6) is -0.678. The van der Waals surface area contributed by atoms with Crippen molar-refractivity contribution in [2.24, 2.45) is 0 Å². The molecule has 0 aliphatic heterocycles. The molecule has 0 aliphatic rings. The fourth-order valence-electron chi connectivity index (χ4n) is 1.84. The molecule has 1 heterocycles. The van der Waals surface area contributed by atoms with Crippen LogP contribution in [0, 0.1) is 0 Å². The lowest BCUT2D eigenvalue weighted by Crippen LogP contribution is -2.33. The van der Waals surface area contributed by atoms with E-state index in [0.717, 1.165) is 19.3 Å². The zero-order chi connectivity index (χ0) is 15.0. The van der Waals surface area contributed by atoms with E-state index in [0.29, 0.717) is 11.3 Å². The Labute approximate surface area is 119 Å². The normalized spacial score (nSPS) is 11.8. The van der Waals surface area contributed by atoms with Crippen molar-refractivity contribution in [1.82, 2.24) is 10.3 Å². The number of nitrogens with one attached hydrogen (secondary N) is 1. The zero-order valence-corrected chi connectivity index (χ0v) is 12.3. The maximum atomic E-state index is 11.9. The number of aromatic nitrogens is 1. The second kappa shape index (κ2) is 8.30. The van der Waals surface area contributed by atoms with Gasteiger partial charge in [-0.1, -0.05) is 26.2 Å². The molecule has 1 aromatic heterocycles.